The predicted molar refractivity (Wildman–Crippen MR) is 106 cm³/mol. The lowest BCUT2D eigenvalue weighted by Crippen LogP contribution is -2.47. The van der Waals surface area contributed by atoms with Crippen LogP contribution in [0, 0.1) is 12.7 Å². The lowest BCUT2D eigenvalue weighted by Gasteiger charge is -2.37. The third-order valence-corrected chi connectivity index (χ3v) is 6.04. The molecule has 28 heavy (non-hydrogen) atoms. The molecule has 1 aromatic carbocycles. The molecule has 4 rings (SSSR count). The second kappa shape index (κ2) is 7.91. The van der Waals surface area contributed by atoms with Crippen molar-refractivity contribution in [2.24, 2.45) is 0 Å². The number of hydrogen-bond acceptors (Lipinski definition) is 3. The minimum Gasteiger partial charge on any atom is -0.355 e. The van der Waals surface area contributed by atoms with Crippen LogP contribution in [0.2, 0.25) is 0 Å². The number of benzene rings is 1. The Balaban J connectivity index is 1.42. The number of carbonyl (C=O) groups is 2. The summed E-state index contributed by atoms with van der Waals surface area (Å²) in [6.45, 7) is 4.22. The number of H-pyrrole nitrogens is 1. The van der Waals surface area contributed by atoms with Gasteiger partial charge < -0.3 is 15.6 Å². The van der Waals surface area contributed by atoms with Gasteiger partial charge in [0.05, 0.1) is 5.52 Å². The third-order valence-electron chi connectivity index (χ3n) is 6.04. The van der Waals surface area contributed by atoms with Gasteiger partial charge in [0.1, 0.15) is 11.5 Å². The highest BCUT2D eigenvalue weighted by atomic mass is 19.1. The first-order valence-electron chi connectivity index (χ1n) is 10.1. The molecule has 6 nitrogen and oxygen atoms in total. The Kier molecular flexibility index (Phi) is 5.35. The maximum atomic E-state index is 14.0. The number of aryl methyl sites for hydroxylation is 1. The smallest absolute Gasteiger partial charge is 0.267 e. The van der Waals surface area contributed by atoms with Crippen molar-refractivity contribution in [3.05, 3.63) is 35.3 Å². The van der Waals surface area contributed by atoms with Gasteiger partial charge in [-0.3, -0.25) is 14.5 Å². The quantitative estimate of drug-likeness (QED) is 0.758. The molecule has 0 bridgehead atoms. The predicted octanol–water partition coefficient (Wildman–Crippen LogP) is 2.48. The van der Waals surface area contributed by atoms with Crippen LogP contribution < -0.4 is 10.6 Å². The van der Waals surface area contributed by atoms with Gasteiger partial charge in [0, 0.05) is 43.5 Å². The molecule has 2 amide bonds. The number of fused-ring (bicyclic) bond motifs is 1. The Morgan fingerprint density at radius 1 is 1.29 bits per heavy atom. The maximum Gasteiger partial charge on any atom is 0.267 e. The van der Waals surface area contributed by atoms with Crippen molar-refractivity contribution in [2.45, 2.75) is 51.1 Å². The lowest BCUT2D eigenvalue weighted by atomic mass is 9.89. The summed E-state index contributed by atoms with van der Waals surface area (Å²) in [4.78, 5) is 29.8. The van der Waals surface area contributed by atoms with E-state index in [1.54, 1.807) is 12.1 Å². The maximum absolute atomic E-state index is 14.0. The molecular formula is C21H27FN4O2. The van der Waals surface area contributed by atoms with Gasteiger partial charge in [-0.05, 0) is 50.3 Å². The van der Waals surface area contributed by atoms with Crippen molar-refractivity contribution in [3.8, 4) is 0 Å². The van der Waals surface area contributed by atoms with Gasteiger partial charge in [0.15, 0.2) is 0 Å². The Morgan fingerprint density at radius 2 is 2.14 bits per heavy atom. The summed E-state index contributed by atoms with van der Waals surface area (Å²) < 4.78 is 14.0. The van der Waals surface area contributed by atoms with E-state index < -0.39 is 0 Å². The molecule has 0 spiro atoms. The monoisotopic (exact) mass is 386 g/mol. The van der Waals surface area contributed by atoms with E-state index in [4.69, 9.17) is 0 Å². The lowest BCUT2D eigenvalue weighted by molar-refractivity contribution is -0.120. The Hall–Kier alpha value is -2.41. The SMILES string of the molecule is Cc1ccc(F)c2cc(C(=O)N[C@@H]3CCC[C@H](N4CCNC(=O)CC4)C3)[nH]c12. The second-order valence-electron chi connectivity index (χ2n) is 7.96. The minimum absolute atomic E-state index is 0.0931. The van der Waals surface area contributed by atoms with E-state index in [1.165, 1.54) is 6.07 Å². The van der Waals surface area contributed by atoms with Crippen molar-refractivity contribution in [3.63, 3.8) is 0 Å². The Bertz CT molecular complexity index is 855. The van der Waals surface area contributed by atoms with Gasteiger partial charge in [-0.15, -0.1) is 0 Å². The molecular weight excluding hydrogens is 359 g/mol. The Labute approximate surface area is 163 Å². The van der Waals surface area contributed by atoms with Gasteiger partial charge >= 0.3 is 0 Å². The average molecular weight is 386 g/mol. The molecule has 1 aromatic heterocycles. The van der Waals surface area contributed by atoms with E-state index in [1.807, 2.05) is 6.92 Å². The van der Waals surface area contributed by atoms with Crippen molar-refractivity contribution in [2.75, 3.05) is 19.6 Å². The normalized spacial score (nSPS) is 24.0. The van der Waals surface area contributed by atoms with Gasteiger partial charge in [0.25, 0.3) is 5.91 Å². The standard InChI is InChI=1S/C21H27FN4O2/c1-13-5-6-17(22)16-12-18(25-20(13)16)21(28)24-14-3-2-4-15(11-14)26-9-7-19(27)23-8-10-26/h5-6,12,14-15,25H,2-4,7-11H2,1H3,(H,23,27)(H,24,28)/t14-,15+/m1/s1. The van der Waals surface area contributed by atoms with E-state index in [0.717, 1.165) is 44.3 Å². The van der Waals surface area contributed by atoms with Gasteiger partial charge in [-0.1, -0.05) is 6.07 Å². The molecule has 2 fully saturated rings. The number of rotatable bonds is 3. The van der Waals surface area contributed by atoms with E-state index in [-0.39, 0.29) is 23.7 Å². The van der Waals surface area contributed by atoms with E-state index in [0.29, 0.717) is 35.6 Å². The molecule has 7 heteroatoms. The number of hydrogen-bond donors (Lipinski definition) is 3. The van der Waals surface area contributed by atoms with Crippen LogP contribution in [-0.2, 0) is 4.79 Å². The molecule has 1 aliphatic carbocycles. The summed E-state index contributed by atoms with van der Waals surface area (Å²) in [7, 11) is 0. The van der Waals surface area contributed by atoms with Crippen LogP contribution in [0.15, 0.2) is 18.2 Å². The van der Waals surface area contributed by atoms with Crippen LogP contribution in [0.5, 0.6) is 0 Å². The number of carbonyl (C=O) groups excluding carboxylic acids is 2. The first-order chi connectivity index (χ1) is 13.5. The molecule has 2 atom stereocenters. The van der Waals surface area contributed by atoms with Crippen molar-refractivity contribution in [1.82, 2.24) is 20.5 Å². The summed E-state index contributed by atoms with van der Waals surface area (Å²) in [5.74, 6) is -0.393. The highest BCUT2D eigenvalue weighted by Crippen LogP contribution is 2.25. The Morgan fingerprint density at radius 3 is 2.96 bits per heavy atom. The van der Waals surface area contributed by atoms with Crippen LogP contribution in [0.3, 0.4) is 0 Å². The largest absolute Gasteiger partial charge is 0.355 e. The summed E-state index contributed by atoms with van der Waals surface area (Å²) in [6.07, 6.45) is 4.51. The van der Waals surface area contributed by atoms with Crippen LogP contribution in [0.1, 0.15) is 48.2 Å². The third kappa shape index (κ3) is 3.90. The molecule has 2 heterocycles. The summed E-state index contributed by atoms with van der Waals surface area (Å²) in [5.41, 5.74) is 1.99. The first kappa shape index (κ1) is 18.9. The van der Waals surface area contributed by atoms with Crippen molar-refractivity contribution >= 4 is 22.7 Å². The number of amides is 2. The number of nitrogens with one attached hydrogen (secondary N) is 3. The highest BCUT2D eigenvalue weighted by molar-refractivity contribution is 5.99. The molecule has 0 radical (unpaired) electrons. The molecule has 2 aromatic rings. The fourth-order valence-corrected chi connectivity index (χ4v) is 4.49. The summed E-state index contributed by atoms with van der Waals surface area (Å²) >= 11 is 0. The molecule has 0 unspecified atom stereocenters. The number of halogens is 1. The second-order valence-corrected chi connectivity index (χ2v) is 7.96. The first-order valence-corrected chi connectivity index (χ1v) is 10.1. The zero-order valence-corrected chi connectivity index (χ0v) is 16.2. The zero-order valence-electron chi connectivity index (χ0n) is 16.2. The topological polar surface area (TPSA) is 77.2 Å². The van der Waals surface area contributed by atoms with Gasteiger partial charge in [-0.2, -0.15) is 0 Å². The van der Waals surface area contributed by atoms with E-state index in [2.05, 4.69) is 20.5 Å². The number of nitrogens with zero attached hydrogens (tertiary/aromatic N) is 1. The van der Waals surface area contributed by atoms with Crippen LogP contribution in [0.25, 0.3) is 10.9 Å². The number of aromatic nitrogens is 1. The van der Waals surface area contributed by atoms with Crippen LogP contribution in [-0.4, -0.2) is 53.4 Å². The fourth-order valence-electron chi connectivity index (χ4n) is 4.49. The van der Waals surface area contributed by atoms with E-state index >= 15 is 0 Å². The minimum atomic E-state index is -0.321. The van der Waals surface area contributed by atoms with Crippen molar-refractivity contribution < 1.29 is 14.0 Å². The molecule has 1 saturated heterocycles. The fraction of sp³-hybridized carbons (Fsp3) is 0.524. The molecule has 1 saturated carbocycles. The number of aromatic amines is 1. The molecule has 2 aliphatic rings. The zero-order chi connectivity index (χ0) is 19.7. The molecule has 3 N–H and O–H groups in total. The molecule has 150 valence electrons. The van der Waals surface area contributed by atoms with Crippen LogP contribution >= 0.6 is 0 Å². The van der Waals surface area contributed by atoms with Gasteiger partial charge in [0.2, 0.25) is 5.91 Å². The van der Waals surface area contributed by atoms with E-state index in [9.17, 15) is 14.0 Å². The van der Waals surface area contributed by atoms with Crippen LogP contribution in [0.4, 0.5) is 4.39 Å². The highest BCUT2D eigenvalue weighted by Gasteiger charge is 2.29. The molecule has 1 aliphatic heterocycles. The summed E-state index contributed by atoms with van der Waals surface area (Å²) in [6, 6.07) is 5.21. The average Bonchev–Trinajstić information content (AvgIpc) is 3.04. The summed E-state index contributed by atoms with van der Waals surface area (Å²) in [5, 5.41) is 6.49. The van der Waals surface area contributed by atoms with Crippen molar-refractivity contribution in [1.29, 1.82) is 0 Å². The van der Waals surface area contributed by atoms with Gasteiger partial charge in [-0.25, -0.2) is 4.39 Å².